The van der Waals surface area contributed by atoms with Gasteiger partial charge in [0.2, 0.25) is 0 Å². The minimum absolute atomic E-state index is 0.234. The Hall–Kier alpha value is -2.19. The van der Waals surface area contributed by atoms with Crippen molar-refractivity contribution in [2.75, 3.05) is 5.32 Å². The number of amides is 1. The fraction of sp³-hybridized carbons (Fsp3) is 0.188. The first-order valence-electron chi connectivity index (χ1n) is 6.38. The van der Waals surface area contributed by atoms with Crippen molar-refractivity contribution in [1.82, 2.24) is 4.98 Å². The average Bonchev–Trinajstić information content (AvgIpc) is 2.48. The van der Waals surface area contributed by atoms with E-state index in [9.17, 15) is 4.79 Å². The molecule has 0 saturated carbocycles. The van der Waals surface area contributed by atoms with Crippen LogP contribution in [0.25, 0.3) is 0 Å². The molecule has 0 spiro atoms. The van der Waals surface area contributed by atoms with Crippen molar-refractivity contribution in [1.29, 1.82) is 5.26 Å². The third kappa shape index (κ3) is 3.47. The molecule has 1 heterocycles. The Morgan fingerprint density at radius 1 is 1.29 bits per heavy atom. The van der Waals surface area contributed by atoms with Crippen LogP contribution in [-0.2, 0) is 5.41 Å². The molecule has 106 valence electrons. The zero-order chi connectivity index (χ0) is 15.5. The third-order valence-electron chi connectivity index (χ3n) is 3.15. The lowest BCUT2D eigenvalue weighted by atomic mass is 9.86. The molecular formula is C16H14BrN3O. The molecule has 5 heteroatoms. The Bertz CT molecular complexity index is 702. The Morgan fingerprint density at radius 2 is 1.95 bits per heavy atom. The largest absolute Gasteiger partial charge is 0.322 e. The molecular weight excluding hydrogens is 330 g/mol. The number of anilines is 1. The van der Waals surface area contributed by atoms with Gasteiger partial charge < -0.3 is 5.32 Å². The zero-order valence-corrected chi connectivity index (χ0v) is 13.3. The Labute approximate surface area is 132 Å². The van der Waals surface area contributed by atoms with E-state index in [2.05, 4.69) is 32.3 Å². The summed E-state index contributed by atoms with van der Waals surface area (Å²) in [6, 6.07) is 12.9. The van der Waals surface area contributed by atoms with Crippen molar-refractivity contribution in [3.63, 3.8) is 0 Å². The first kappa shape index (κ1) is 15.2. The third-order valence-corrected chi connectivity index (χ3v) is 3.78. The van der Waals surface area contributed by atoms with E-state index in [1.54, 1.807) is 30.5 Å². The van der Waals surface area contributed by atoms with Crippen LogP contribution < -0.4 is 5.32 Å². The summed E-state index contributed by atoms with van der Waals surface area (Å²) < 4.78 is 0.504. The second-order valence-electron chi connectivity index (χ2n) is 5.11. The first-order valence-corrected chi connectivity index (χ1v) is 7.17. The van der Waals surface area contributed by atoms with Crippen molar-refractivity contribution in [3.8, 4) is 6.07 Å². The number of nitriles is 1. The number of nitrogens with one attached hydrogen (secondary N) is 1. The van der Waals surface area contributed by atoms with Gasteiger partial charge in [0.15, 0.2) is 0 Å². The van der Waals surface area contributed by atoms with Gasteiger partial charge in [-0.1, -0.05) is 12.1 Å². The fourth-order valence-electron chi connectivity index (χ4n) is 1.79. The normalized spacial score (nSPS) is 10.8. The van der Waals surface area contributed by atoms with Crippen molar-refractivity contribution in [3.05, 3.63) is 58.3 Å². The van der Waals surface area contributed by atoms with Gasteiger partial charge >= 0.3 is 0 Å². The van der Waals surface area contributed by atoms with E-state index in [0.29, 0.717) is 15.9 Å². The van der Waals surface area contributed by atoms with Crippen LogP contribution in [0.3, 0.4) is 0 Å². The van der Waals surface area contributed by atoms with E-state index in [1.807, 2.05) is 26.0 Å². The molecule has 0 unspecified atom stereocenters. The molecule has 0 radical (unpaired) electrons. The van der Waals surface area contributed by atoms with Crippen LogP contribution in [-0.4, -0.2) is 10.9 Å². The molecule has 2 rings (SSSR count). The van der Waals surface area contributed by atoms with Crippen LogP contribution in [0.4, 0.5) is 5.69 Å². The highest BCUT2D eigenvalue weighted by molar-refractivity contribution is 9.10. The van der Waals surface area contributed by atoms with Gasteiger partial charge in [-0.3, -0.25) is 4.79 Å². The summed E-state index contributed by atoms with van der Waals surface area (Å²) in [6.45, 7) is 3.71. The molecule has 2 aromatic rings. The summed E-state index contributed by atoms with van der Waals surface area (Å²) in [5, 5.41) is 11.9. The van der Waals surface area contributed by atoms with E-state index in [4.69, 9.17) is 5.26 Å². The summed E-state index contributed by atoms with van der Waals surface area (Å²) in [5.41, 5.74) is 1.51. The van der Waals surface area contributed by atoms with E-state index in [-0.39, 0.29) is 5.91 Å². The van der Waals surface area contributed by atoms with Crippen LogP contribution in [0.2, 0.25) is 0 Å². The highest BCUT2D eigenvalue weighted by Crippen LogP contribution is 2.24. The van der Waals surface area contributed by atoms with Gasteiger partial charge in [-0.2, -0.15) is 5.26 Å². The molecule has 4 nitrogen and oxygen atoms in total. The summed E-state index contributed by atoms with van der Waals surface area (Å²) in [4.78, 5) is 16.2. The molecule has 1 aromatic heterocycles. The highest BCUT2D eigenvalue weighted by atomic mass is 79.9. The Morgan fingerprint density at radius 3 is 2.52 bits per heavy atom. The maximum absolute atomic E-state index is 12.1. The Kier molecular flexibility index (Phi) is 4.39. The van der Waals surface area contributed by atoms with Crippen molar-refractivity contribution >= 4 is 27.5 Å². The molecule has 0 aliphatic carbocycles. The van der Waals surface area contributed by atoms with Gasteiger partial charge in [-0.15, -0.1) is 0 Å². The molecule has 0 bridgehead atoms. The summed E-state index contributed by atoms with van der Waals surface area (Å²) >= 11 is 3.25. The van der Waals surface area contributed by atoms with Crippen LogP contribution in [0, 0.1) is 11.3 Å². The number of rotatable bonds is 3. The van der Waals surface area contributed by atoms with E-state index in [0.717, 1.165) is 5.56 Å². The van der Waals surface area contributed by atoms with Crippen LogP contribution >= 0.6 is 15.9 Å². The summed E-state index contributed by atoms with van der Waals surface area (Å²) in [5.74, 6) is -0.234. The van der Waals surface area contributed by atoms with E-state index in [1.165, 1.54) is 0 Å². The lowest BCUT2D eigenvalue weighted by Crippen LogP contribution is -2.15. The fourth-order valence-corrected chi connectivity index (χ4v) is 2.22. The van der Waals surface area contributed by atoms with Gasteiger partial charge in [0.05, 0.1) is 17.0 Å². The number of hydrogen-bond acceptors (Lipinski definition) is 3. The van der Waals surface area contributed by atoms with E-state index < -0.39 is 5.41 Å². The number of benzene rings is 1. The van der Waals surface area contributed by atoms with Crippen molar-refractivity contribution < 1.29 is 4.79 Å². The average molecular weight is 344 g/mol. The minimum Gasteiger partial charge on any atom is -0.322 e. The maximum Gasteiger partial charge on any atom is 0.258 e. The molecule has 1 amide bonds. The van der Waals surface area contributed by atoms with Crippen LogP contribution in [0.1, 0.15) is 29.8 Å². The zero-order valence-electron chi connectivity index (χ0n) is 11.7. The smallest absolute Gasteiger partial charge is 0.258 e. The van der Waals surface area contributed by atoms with Gasteiger partial charge in [0, 0.05) is 11.9 Å². The second-order valence-corrected chi connectivity index (χ2v) is 5.86. The first-order chi connectivity index (χ1) is 9.94. The second kappa shape index (κ2) is 6.06. The maximum atomic E-state index is 12.1. The summed E-state index contributed by atoms with van der Waals surface area (Å²) in [7, 11) is 0. The predicted molar refractivity (Wildman–Crippen MR) is 85.0 cm³/mol. The number of hydrogen-bond donors (Lipinski definition) is 1. The molecule has 0 atom stereocenters. The van der Waals surface area contributed by atoms with Crippen molar-refractivity contribution in [2.24, 2.45) is 0 Å². The van der Waals surface area contributed by atoms with Gasteiger partial charge in [-0.25, -0.2) is 4.98 Å². The molecule has 1 aromatic carbocycles. The molecule has 21 heavy (non-hydrogen) atoms. The lowest BCUT2D eigenvalue weighted by Gasteiger charge is -2.16. The molecule has 1 N–H and O–H groups in total. The predicted octanol–water partition coefficient (Wildman–Crippen LogP) is 3.90. The number of carbonyl (C=O) groups excluding carboxylic acids is 1. The van der Waals surface area contributed by atoms with Crippen LogP contribution in [0.15, 0.2) is 47.2 Å². The molecule has 0 saturated heterocycles. The number of halogens is 1. The SMILES string of the molecule is CC(C)(C#N)c1ccc(NC(=O)c2cccnc2Br)cc1. The summed E-state index contributed by atoms with van der Waals surface area (Å²) in [6.07, 6.45) is 1.61. The lowest BCUT2D eigenvalue weighted by molar-refractivity contribution is 0.102. The van der Waals surface area contributed by atoms with Crippen molar-refractivity contribution in [2.45, 2.75) is 19.3 Å². The standard InChI is InChI=1S/C16H14BrN3O/c1-16(2,10-18)11-5-7-12(8-6-11)20-15(21)13-4-3-9-19-14(13)17/h3-9H,1-2H3,(H,20,21). The monoisotopic (exact) mass is 343 g/mol. The number of aromatic nitrogens is 1. The molecule has 0 aliphatic rings. The molecule has 0 aliphatic heterocycles. The quantitative estimate of drug-likeness (QED) is 0.859. The number of pyridine rings is 1. The highest BCUT2D eigenvalue weighted by Gasteiger charge is 2.19. The van der Waals surface area contributed by atoms with E-state index >= 15 is 0 Å². The minimum atomic E-state index is -0.547. The van der Waals surface area contributed by atoms with Gasteiger partial charge in [0.1, 0.15) is 4.60 Å². The number of carbonyl (C=O) groups is 1. The van der Waals surface area contributed by atoms with Gasteiger partial charge in [-0.05, 0) is 59.6 Å². The van der Waals surface area contributed by atoms with Gasteiger partial charge in [0.25, 0.3) is 5.91 Å². The molecule has 0 fully saturated rings. The number of nitrogens with zero attached hydrogens (tertiary/aromatic N) is 2. The topological polar surface area (TPSA) is 65.8 Å². The van der Waals surface area contributed by atoms with Crippen LogP contribution in [0.5, 0.6) is 0 Å². The Balaban J connectivity index is 2.17.